The highest BCUT2D eigenvalue weighted by molar-refractivity contribution is 6.35. The Hall–Kier alpha value is -3.13. The fourth-order valence-electron chi connectivity index (χ4n) is 2.62. The van der Waals surface area contributed by atoms with Crippen molar-refractivity contribution in [2.24, 2.45) is 5.10 Å². The number of para-hydroxylation sites is 2. The molecule has 1 aromatic heterocycles. The summed E-state index contributed by atoms with van der Waals surface area (Å²) in [6.07, 6.45) is 0. The largest absolute Gasteiger partial charge is 0.718 e. The van der Waals surface area contributed by atoms with Gasteiger partial charge >= 0.3 is 7.55 Å². The molecule has 0 saturated carbocycles. The Morgan fingerprint density at radius 2 is 1.73 bits per heavy atom. The van der Waals surface area contributed by atoms with E-state index in [1.54, 1.807) is 4.92 Å². The van der Waals surface area contributed by atoms with Gasteiger partial charge in [-0.25, -0.2) is 4.92 Å². The molecule has 1 aliphatic heterocycles. The first-order valence-electron chi connectivity index (χ1n) is 6.98. The zero-order valence-corrected chi connectivity index (χ0v) is 11.7. The third-order valence-corrected chi connectivity index (χ3v) is 3.68. The normalized spacial score (nSPS) is 13.0. The summed E-state index contributed by atoms with van der Waals surface area (Å²) >= 11 is 0. The van der Waals surface area contributed by atoms with E-state index >= 15 is 0 Å². The lowest BCUT2D eigenvalue weighted by molar-refractivity contribution is -0.502. The van der Waals surface area contributed by atoms with E-state index in [2.05, 4.69) is 17.2 Å². The Morgan fingerprint density at radius 1 is 0.955 bits per heavy atom. The van der Waals surface area contributed by atoms with Crippen LogP contribution in [-0.4, -0.2) is 13.3 Å². The molecule has 5 heteroatoms. The van der Waals surface area contributed by atoms with E-state index in [0.29, 0.717) is 5.71 Å². The second kappa shape index (κ2) is 5.01. The predicted octanol–water partition coefficient (Wildman–Crippen LogP) is 2.26. The number of rotatable bonds is 1. The van der Waals surface area contributed by atoms with Crippen molar-refractivity contribution in [1.29, 1.82) is 5.26 Å². The first kappa shape index (κ1) is 12.6. The maximum Gasteiger partial charge on any atom is 0.718 e. The maximum atomic E-state index is 9.44. The number of pyridine rings is 1. The molecule has 0 unspecified atom stereocenters. The molecule has 0 saturated heterocycles. The number of hydrazone groups is 1. The molecule has 0 spiro atoms. The van der Waals surface area contributed by atoms with E-state index in [1.165, 1.54) is 0 Å². The average Bonchev–Trinajstić information content (AvgIpc) is 2.61. The zero-order valence-electron chi connectivity index (χ0n) is 11.7. The highest BCUT2D eigenvalue weighted by Crippen LogP contribution is 2.18. The van der Waals surface area contributed by atoms with Crippen molar-refractivity contribution in [2.75, 3.05) is 4.92 Å². The highest BCUT2D eigenvalue weighted by Gasteiger charge is 2.33. The van der Waals surface area contributed by atoms with Crippen molar-refractivity contribution < 1.29 is 4.48 Å². The molecule has 22 heavy (non-hydrogen) atoms. The summed E-state index contributed by atoms with van der Waals surface area (Å²) in [5, 5.41) is 15.0. The maximum absolute atomic E-state index is 9.44. The Bertz CT molecular complexity index is 928. The van der Waals surface area contributed by atoms with Gasteiger partial charge < -0.3 is 0 Å². The van der Waals surface area contributed by atoms with Crippen LogP contribution in [0.25, 0.3) is 10.9 Å². The number of nitrogens with zero attached hydrogens (tertiary/aromatic N) is 4. The van der Waals surface area contributed by atoms with E-state index in [1.807, 2.05) is 72.7 Å². The summed E-state index contributed by atoms with van der Waals surface area (Å²) in [6.45, 7) is 0. The number of hydrogen-bond donors (Lipinski definition) is 0. The van der Waals surface area contributed by atoms with Gasteiger partial charge in [0.05, 0.1) is 5.69 Å². The monoisotopic (exact) mass is 282 g/mol. The lowest BCUT2D eigenvalue weighted by atomic mass is 10.00. The molecule has 0 fully saturated rings. The first-order chi connectivity index (χ1) is 10.9. The second-order valence-corrected chi connectivity index (χ2v) is 5.00. The molecule has 0 amide bonds. The SMILES string of the molecule is N#CC1=NN(c2ccccc2)[B][n+]2c1ccc1ccccc12. The fraction of sp³-hybridized carbons (Fsp3) is 0. The molecule has 1 radical (unpaired) electrons. The third-order valence-electron chi connectivity index (χ3n) is 3.68. The molecule has 3 aromatic rings. The van der Waals surface area contributed by atoms with Crippen LogP contribution in [0.15, 0.2) is 71.8 Å². The van der Waals surface area contributed by atoms with Gasteiger partial charge in [-0.1, -0.05) is 30.3 Å². The second-order valence-electron chi connectivity index (χ2n) is 5.00. The number of anilines is 1. The quantitative estimate of drug-likeness (QED) is 0.642. The number of benzene rings is 2. The van der Waals surface area contributed by atoms with Crippen LogP contribution in [0.5, 0.6) is 0 Å². The third kappa shape index (κ3) is 1.94. The van der Waals surface area contributed by atoms with Crippen LogP contribution in [-0.2, 0) is 0 Å². The van der Waals surface area contributed by atoms with Gasteiger partial charge in [-0.15, -0.1) is 0 Å². The van der Waals surface area contributed by atoms with Crippen LogP contribution >= 0.6 is 0 Å². The molecule has 2 heterocycles. The lowest BCUT2D eigenvalue weighted by Gasteiger charge is -2.19. The minimum Gasteiger partial charge on any atom is -0.251 e. The van der Waals surface area contributed by atoms with Crippen LogP contribution in [0.3, 0.4) is 0 Å². The summed E-state index contributed by atoms with van der Waals surface area (Å²) in [5.41, 5.74) is 3.16. The summed E-state index contributed by atoms with van der Waals surface area (Å²) in [7, 11) is 1.91. The van der Waals surface area contributed by atoms with Crippen LogP contribution in [0, 0.1) is 11.3 Å². The minimum atomic E-state index is 0.400. The molecule has 0 atom stereocenters. The van der Waals surface area contributed by atoms with E-state index < -0.39 is 0 Å². The van der Waals surface area contributed by atoms with Crippen LogP contribution in [0.4, 0.5) is 5.69 Å². The van der Waals surface area contributed by atoms with Crippen molar-refractivity contribution in [1.82, 2.24) is 0 Å². The average molecular weight is 282 g/mol. The topological polar surface area (TPSA) is 43.3 Å². The van der Waals surface area contributed by atoms with Crippen LogP contribution in [0.1, 0.15) is 5.69 Å². The number of hydrogen-bond acceptors (Lipinski definition) is 3. The van der Waals surface area contributed by atoms with Crippen molar-refractivity contribution >= 4 is 29.9 Å². The first-order valence-corrected chi connectivity index (χ1v) is 6.98. The number of aromatic nitrogens is 1. The van der Waals surface area contributed by atoms with E-state index in [-0.39, 0.29) is 0 Å². The van der Waals surface area contributed by atoms with Crippen molar-refractivity contribution in [3.05, 3.63) is 72.4 Å². The predicted molar refractivity (Wildman–Crippen MR) is 86.4 cm³/mol. The smallest absolute Gasteiger partial charge is 0.251 e. The van der Waals surface area contributed by atoms with Gasteiger partial charge in [0, 0.05) is 17.5 Å². The number of nitriles is 1. The molecule has 4 rings (SSSR count). The summed E-state index contributed by atoms with van der Waals surface area (Å²) in [5.74, 6) is 0. The molecule has 0 bridgehead atoms. The highest BCUT2D eigenvalue weighted by atomic mass is 15.4. The molecule has 101 valence electrons. The standard InChI is InChI=1S/C17H11BN4/c19-12-15-17-11-10-13-6-4-5-9-16(13)21(17)18-22(20-15)14-7-2-1-3-8-14/h1-11H/q+1. The Labute approximate surface area is 128 Å². The van der Waals surface area contributed by atoms with Crippen molar-refractivity contribution in [2.45, 2.75) is 0 Å². The van der Waals surface area contributed by atoms with Crippen molar-refractivity contribution in [3.63, 3.8) is 0 Å². The molecule has 1 aliphatic rings. The molecule has 0 aliphatic carbocycles. The van der Waals surface area contributed by atoms with Gasteiger partial charge in [0.15, 0.2) is 5.52 Å². The van der Waals surface area contributed by atoms with Gasteiger partial charge in [-0.3, -0.25) is 4.48 Å². The van der Waals surface area contributed by atoms with Crippen LogP contribution < -0.4 is 9.40 Å². The Balaban J connectivity index is 1.93. The molecule has 4 nitrogen and oxygen atoms in total. The summed E-state index contributed by atoms with van der Waals surface area (Å²) in [4.78, 5) is 1.73. The zero-order chi connectivity index (χ0) is 14.9. The summed E-state index contributed by atoms with van der Waals surface area (Å²) in [6, 6.07) is 24.0. The van der Waals surface area contributed by atoms with Gasteiger partial charge in [-0.05, 0) is 24.3 Å². The summed E-state index contributed by atoms with van der Waals surface area (Å²) < 4.78 is 2.01. The van der Waals surface area contributed by atoms with E-state index in [9.17, 15) is 5.26 Å². The molecule has 0 N–H and O–H groups in total. The minimum absolute atomic E-state index is 0.400. The molecular weight excluding hydrogens is 271 g/mol. The molecular formula is C17H11BN4+. The molecule has 2 aromatic carbocycles. The van der Waals surface area contributed by atoms with Gasteiger partial charge in [-0.2, -0.15) is 10.4 Å². The number of fused-ring (bicyclic) bond motifs is 3. The Morgan fingerprint density at radius 3 is 2.55 bits per heavy atom. The van der Waals surface area contributed by atoms with Gasteiger partial charge in [0.1, 0.15) is 6.07 Å². The lowest BCUT2D eigenvalue weighted by Crippen LogP contribution is -2.56. The Kier molecular flexibility index (Phi) is 2.87. The van der Waals surface area contributed by atoms with Crippen molar-refractivity contribution in [3.8, 4) is 6.07 Å². The van der Waals surface area contributed by atoms with E-state index in [4.69, 9.17) is 0 Å². The van der Waals surface area contributed by atoms with Crippen LogP contribution in [0.2, 0.25) is 0 Å². The van der Waals surface area contributed by atoms with Gasteiger partial charge in [0.2, 0.25) is 11.4 Å². The van der Waals surface area contributed by atoms with E-state index in [0.717, 1.165) is 22.3 Å². The fourth-order valence-corrected chi connectivity index (χ4v) is 2.62. The van der Waals surface area contributed by atoms with Gasteiger partial charge in [0.25, 0.3) is 0 Å².